The van der Waals surface area contributed by atoms with Crippen LogP contribution in [0.25, 0.3) is 99.5 Å². The van der Waals surface area contributed by atoms with Crippen LogP contribution in [-0.2, 0) is 16.2 Å². The van der Waals surface area contributed by atoms with Gasteiger partial charge in [0.2, 0.25) is 0 Å². The van der Waals surface area contributed by atoms with Gasteiger partial charge in [0.05, 0.1) is 64.4 Å². The van der Waals surface area contributed by atoms with E-state index in [4.69, 9.17) is 9.47 Å². The summed E-state index contributed by atoms with van der Waals surface area (Å²) < 4.78 is 88.3. The van der Waals surface area contributed by atoms with E-state index in [0.717, 1.165) is 139 Å². The molecule has 8 nitrogen and oxygen atoms in total. The molecule has 0 N–H and O–H groups in total. The molecule has 0 unspecified atom stereocenters. The van der Waals surface area contributed by atoms with Crippen molar-refractivity contribution >= 4 is 135 Å². The number of aromatic nitrogens is 2. The highest BCUT2D eigenvalue weighted by Crippen LogP contribution is 2.58. The smallest absolute Gasteiger partial charge is 0.252 e. The highest BCUT2D eigenvalue weighted by molar-refractivity contribution is 7.00. The number of benzene rings is 17. The minimum absolute atomic E-state index is 0.0428. The molecule has 23 rings (SSSR count). The molecule has 123 heavy (non-hydrogen) atoms. The van der Waals surface area contributed by atoms with Crippen molar-refractivity contribution in [3.63, 3.8) is 0 Å². The summed E-state index contributed by atoms with van der Waals surface area (Å²) in [5, 5.41) is 3.53. The summed E-state index contributed by atoms with van der Waals surface area (Å²) in [6.07, 6.45) is 0. The molecule has 17 aromatic carbocycles. The summed E-state index contributed by atoms with van der Waals surface area (Å²) in [5.74, 6) is 2.76. The third-order valence-corrected chi connectivity index (χ3v) is 25.3. The van der Waals surface area contributed by atoms with Crippen molar-refractivity contribution in [3.8, 4) is 78.9 Å². The van der Waals surface area contributed by atoms with E-state index in [0.29, 0.717) is 62.2 Å². The lowest BCUT2D eigenvalue weighted by Crippen LogP contribution is -2.61. The van der Waals surface area contributed by atoms with Crippen LogP contribution >= 0.6 is 0 Å². The van der Waals surface area contributed by atoms with E-state index in [1.807, 2.05) is 130 Å². The second-order valence-corrected chi connectivity index (χ2v) is 35.9. The number of ether oxygens (including phenoxy) is 2. The van der Waals surface area contributed by atoms with Crippen LogP contribution in [0.4, 0.5) is 68.2 Å². The lowest BCUT2D eigenvalue weighted by atomic mass is 9.33. The van der Waals surface area contributed by atoms with Crippen molar-refractivity contribution in [2.24, 2.45) is 0 Å². The van der Waals surface area contributed by atoms with Crippen LogP contribution in [0.3, 0.4) is 0 Å². The van der Waals surface area contributed by atoms with Crippen LogP contribution in [0.5, 0.6) is 23.0 Å². The quantitative estimate of drug-likeness (QED) is 0.127. The molecule has 0 atom stereocenters. The number of hydrogen-bond acceptors (Lipinski definition) is 6. The predicted octanol–water partition coefficient (Wildman–Crippen LogP) is 29.7. The summed E-state index contributed by atoms with van der Waals surface area (Å²) in [7, 11) is 0. The first-order chi connectivity index (χ1) is 62.5. The molecule has 0 fully saturated rings. The van der Waals surface area contributed by atoms with Gasteiger partial charge in [-0.3, -0.25) is 0 Å². The Kier molecular flexibility index (Phi) is 15.2. The zero-order valence-corrected chi connectivity index (χ0v) is 69.9. The normalized spacial score (nSPS) is 14.0. The third kappa shape index (κ3) is 11.8. The van der Waals surface area contributed by atoms with Crippen molar-refractivity contribution in [1.82, 2.24) is 9.13 Å². The van der Waals surface area contributed by atoms with E-state index in [1.165, 1.54) is 0 Å². The fourth-order valence-corrected chi connectivity index (χ4v) is 19.3. The number of anilines is 12. The molecular weight excluding hydrogens is 1500 g/mol. The molecule has 2 aromatic heterocycles. The van der Waals surface area contributed by atoms with Crippen molar-refractivity contribution in [3.05, 3.63) is 393 Å². The largest absolute Gasteiger partial charge is 0.453 e. The minimum Gasteiger partial charge on any atom is -0.453 e. The zero-order valence-electron chi connectivity index (χ0n) is 75.9. The Morgan fingerprint density at radius 2 is 0.545 bits per heavy atom. The number of fused-ring (bicyclic) bond motifs is 14. The van der Waals surface area contributed by atoms with Crippen molar-refractivity contribution in [2.45, 2.75) is 78.6 Å². The lowest BCUT2D eigenvalue weighted by molar-refractivity contribution is 0.477. The SMILES string of the molecule is [2H]c1c([2H])c(-n2c3ccccc3c3ccc(N4c5ccccc5Oc5ccccc54)cc32)c([2H])c2c1B1c3c(cc(C(C)(C)C)cc3N(c3c(-c4ccccc4)cc(C(C)(C)C)cc3-c3ccccc3)c3c([2H])c(-n4c5ccccc5c5ccc(N6c7ccccc7Oc7ccccc76)cc54)c([2H])c([2H])c31)N2c1c(-c2ccccc2)cc(C(C)(C)C)cc1-c1ccccc1. The van der Waals surface area contributed by atoms with Gasteiger partial charge in [-0.2, -0.15) is 0 Å². The standard InChI is InChI=1S/C114H89BN6O2/c1-112(2,3)76-62-87(72-34-14-10-15-35-72)110(88(63-76)73-36-16-11-17-37-73)120-101-70-81(116-93-44-24-22-42-83(93)85-58-54-79(68-99(85)116)118-95-46-26-30-50-105(95)122-106-51-31-27-47-96(106)118)56-60-91(101)115-92-61-57-82(117-94-45-25-23-43-84(94)86-59-55-80(69-100(86)117)119-97-48-28-32-52-107(97)123-108-53-33-29-49-98(108)119)71-102(92)121(104-67-78(114(7,8)9)66-103(120)109(104)115)111-89(74-38-18-12-19-39-74)64-77(113(4,5)6)65-90(111)75-40-20-13-21-41-75/h10-71H,1-9H3/i56D,57D,60D,61D,70D,71D. The molecule has 0 radical (unpaired) electrons. The Morgan fingerprint density at radius 3 is 0.878 bits per heavy atom. The molecule has 0 saturated carbocycles. The Morgan fingerprint density at radius 1 is 0.252 bits per heavy atom. The van der Waals surface area contributed by atoms with Gasteiger partial charge in [-0.25, -0.2) is 0 Å². The summed E-state index contributed by atoms with van der Waals surface area (Å²) in [6.45, 7) is 19.0. The van der Waals surface area contributed by atoms with Gasteiger partial charge >= 0.3 is 0 Å². The molecule has 0 aliphatic carbocycles. The average molecular weight is 1590 g/mol. The van der Waals surface area contributed by atoms with Gasteiger partial charge in [0.25, 0.3) is 6.71 Å². The molecule has 4 aliphatic heterocycles. The molecule has 9 heteroatoms. The van der Waals surface area contributed by atoms with E-state index >= 15 is 0 Å². The van der Waals surface area contributed by atoms with E-state index in [9.17, 15) is 8.22 Å². The molecular formula is C114H89BN6O2. The van der Waals surface area contributed by atoms with E-state index in [2.05, 4.69) is 300 Å². The van der Waals surface area contributed by atoms with Crippen molar-refractivity contribution < 1.29 is 17.7 Å². The van der Waals surface area contributed by atoms with Crippen LogP contribution in [0.1, 0.15) is 87.2 Å². The number of rotatable bonds is 10. The van der Waals surface area contributed by atoms with Gasteiger partial charge in [-0.15, -0.1) is 0 Å². The highest BCUT2D eigenvalue weighted by Gasteiger charge is 2.47. The van der Waals surface area contributed by atoms with Crippen LogP contribution in [0.2, 0.25) is 0 Å². The summed E-state index contributed by atoms with van der Waals surface area (Å²) >= 11 is 0. The number of para-hydroxylation sites is 10. The predicted molar refractivity (Wildman–Crippen MR) is 517 cm³/mol. The van der Waals surface area contributed by atoms with Crippen molar-refractivity contribution in [1.29, 1.82) is 0 Å². The van der Waals surface area contributed by atoms with Crippen LogP contribution < -0.4 is 45.5 Å². The van der Waals surface area contributed by atoms with Crippen LogP contribution in [0, 0.1) is 0 Å². The topological polar surface area (TPSA) is 41.3 Å². The average Bonchev–Trinajstić information content (AvgIpc) is 1.12. The van der Waals surface area contributed by atoms with Gasteiger partial charge in [0, 0.05) is 89.3 Å². The van der Waals surface area contributed by atoms with Gasteiger partial charge < -0.3 is 38.2 Å². The summed E-state index contributed by atoms with van der Waals surface area (Å²) in [6, 6.07) is 116. The van der Waals surface area contributed by atoms with Crippen molar-refractivity contribution in [2.75, 3.05) is 19.6 Å². The first kappa shape index (κ1) is 67.0. The second-order valence-electron chi connectivity index (χ2n) is 35.9. The summed E-state index contributed by atoms with van der Waals surface area (Å²) in [4.78, 5) is 8.99. The summed E-state index contributed by atoms with van der Waals surface area (Å²) in [5.41, 5.74) is 21.6. The second kappa shape index (κ2) is 27.9. The molecule has 0 bridgehead atoms. The third-order valence-electron chi connectivity index (χ3n) is 25.3. The van der Waals surface area contributed by atoms with Crippen LogP contribution in [0.15, 0.2) is 376 Å². The van der Waals surface area contributed by atoms with Gasteiger partial charge in [-0.1, -0.05) is 293 Å². The van der Waals surface area contributed by atoms with E-state index < -0.39 is 23.0 Å². The van der Waals surface area contributed by atoms with E-state index in [1.54, 1.807) is 0 Å². The molecule has 6 heterocycles. The maximum atomic E-state index is 12.2. The van der Waals surface area contributed by atoms with Crippen LogP contribution in [-0.4, -0.2) is 15.8 Å². The molecule has 0 saturated heterocycles. The highest BCUT2D eigenvalue weighted by atomic mass is 16.5. The maximum Gasteiger partial charge on any atom is 0.252 e. The fraction of sp³-hybridized carbons (Fsp3) is 0.105. The molecule has 590 valence electrons. The van der Waals surface area contributed by atoms with E-state index in [-0.39, 0.29) is 58.6 Å². The van der Waals surface area contributed by atoms with Gasteiger partial charge in [0.1, 0.15) is 0 Å². The molecule has 4 aliphatic rings. The Bertz CT molecular complexity index is 7260. The minimum atomic E-state index is -1.22. The Balaban J connectivity index is 0.905. The molecule has 0 amide bonds. The maximum absolute atomic E-state index is 12.2. The first-order valence-corrected chi connectivity index (χ1v) is 42.5. The molecule has 19 aromatic rings. The fourth-order valence-electron chi connectivity index (χ4n) is 19.3. The monoisotopic (exact) mass is 1590 g/mol. The Labute approximate surface area is 727 Å². The van der Waals surface area contributed by atoms with Gasteiger partial charge in [0.15, 0.2) is 23.0 Å². The zero-order chi connectivity index (χ0) is 88.1. The first-order valence-electron chi connectivity index (χ1n) is 45.5. The number of nitrogens with zero attached hydrogens (tertiary/aromatic N) is 6. The van der Waals surface area contributed by atoms with Gasteiger partial charge in [-0.05, 0) is 217 Å². The number of hydrogen-bond donors (Lipinski definition) is 0. The lowest BCUT2D eigenvalue weighted by Gasteiger charge is -2.47. The molecule has 0 spiro atoms. The Hall–Kier alpha value is -14.8.